The van der Waals surface area contributed by atoms with Crippen molar-refractivity contribution in [1.82, 2.24) is 0 Å². The van der Waals surface area contributed by atoms with Crippen molar-refractivity contribution in [1.29, 1.82) is 0 Å². The third-order valence-electron chi connectivity index (χ3n) is 3.09. The molecule has 0 aliphatic carbocycles. The van der Waals surface area contributed by atoms with Gasteiger partial charge in [0.15, 0.2) is 0 Å². The van der Waals surface area contributed by atoms with Crippen molar-refractivity contribution in [2.45, 2.75) is 9.79 Å². The molecule has 0 fully saturated rings. The number of rotatable bonds is 4. The molecule has 0 bridgehead atoms. The van der Waals surface area contributed by atoms with E-state index >= 15 is 0 Å². The molecule has 4 heteroatoms. The molecule has 0 unspecified atom stereocenters. The predicted molar refractivity (Wildman–Crippen MR) is 93.4 cm³/mol. The van der Waals surface area contributed by atoms with Crippen LogP contribution in [-0.2, 0) is 0 Å². The summed E-state index contributed by atoms with van der Waals surface area (Å²) < 4.78 is 5.31. The molecule has 0 radical (unpaired) electrons. The normalized spacial score (nSPS) is 10.3. The van der Waals surface area contributed by atoms with Gasteiger partial charge in [-0.3, -0.25) is 0 Å². The maximum absolute atomic E-state index is 12.2. The Morgan fingerprint density at radius 2 is 1.48 bits per heavy atom. The zero-order valence-electron chi connectivity index (χ0n) is 12.1. The summed E-state index contributed by atoms with van der Waals surface area (Å²) in [5.74, 6) is 0.0359. The minimum absolute atomic E-state index is 0.355. The van der Waals surface area contributed by atoms with Crippen molar-refractivity contribution in [2.75, 3.05) is 0 Å². The van der Waals surface area contributed by atoms with Crippen molar-refractivity contribution in [3.8, 4) is 5.75 Å². The summed E-state index contributed by atoms with van der Waals surface area (Å²) in [5, 5.41) is 0.381. The van der Waals surface area contributed by atoms with Gasteiger partial charge in [0.2, 0.25) is 0 Å². The smallest absolute Gasteiger partial charge is 0.345 e. The molecule has 2 nitrogen and oxygen atoms in total. The molecular weight excluding hydrogens is 328 g/mol. The first-order chi connectivity index (χ1) is 11.2. The van der Waals surface area contributed by atoms with Crippen LogP contribution < -0.4 is 4.74 Å². The van der Waals surface area contributed by atoms with Gasteiger partial charge in [0.25, 0.3) is 0 Å². The van der Waals surface area contributed by atoms with Crippen molar-refractivity contribution in [2.24, 2.45) is 0 Å². The molecule has 114 valence electrons. The Morgan fingerprint density at radius 1 is 0.826 bits per heavy atom. The lowest BCUT2D eigenvalue weighted by Crippen LogP contribution is -2.09. The first-order valence-electron chi connectivity index (χ1n) is 7.02. The SMILES string of the molecule is O=C(Oc1ccccc1)c1ccc(Sc2ccccc2)cc1Cl. The van der Waals surface area contributed by atoms with Crippen LogP contribution in [0.15, 0.2) is 88.7 Å². The molecule has 0 amide bonds. The van der Waals surface area contributed by atoms with Crippen LogP contribution in [0.3, 0.4) is 0 Å². The first-order valence-corrected chi connectivity index (χ1v) is 8.21. The summed E-state index contributed by atoms with van der Waals surface area (Å²) in [6.45, 7) is 0. The number of carbonyl (C=O) groups excluding carboxylic acids is 1. The van der Waals surface area contributed by atoms with E-state index in [4.69, 9.17) is 16.3 Å². The van der Waals surface area contributed by atoms with Crippen LogP contribution in [-0.4, -0.2) is 5.97 Å². The van der Waals surface area contributed by atoms with Gasteiger partial charge in [0.05, 0.1) is 10.6 Å². The van der Waals surface area contributed by atoms with Gasteiger partial charge in [0, 0.05) is 9.79 Å². The Kier molecular flexibility index (Phi) is 5.01. The fraction of sp³-hybridized carbons (Fsp3) is 0. The first kappa shape index (κ1) is 15.7. The van der Waals surface area contributed by atoms with E-state index in [0.717, 1.165) is 9.79 Å². The fourth-order valence-electron chi connectivity index (χ4n) is 2.00. The van der Waals surface area contributed by atoms with Crippen LogP contribution in [0.4, 0.5) is 0 Å². The van der Waals surface area contributed by atoms with E-state index in [1.807, 2.05) is 54.6 Å². The Labute approximate surface area is 144 Å². The van der Waals surface area contributed by atoms with E-state index in [1.54, 1.807) is 36.0 Å². The summed E-state index contributed by atoms with van der Waals surface area (Å²) in [4.78, 5) is 14.3. The Balaban J connectivity index is 1.75. The highest BCUT2D eigenvalue weighted by atomic mass is 35.5. The topological polar surface area (TPSA) is 26.3 Å². The number of esters is 1. The second kappa shape index (κ2) is 7.36. The van der Waals surface area contributed by atoms with Crippen LogP contribution >= 0.6 is 23.4 Å². The van der Waals surface area contributed by atoms with Gasteiger partial charge in [-0.2, -0.15) is 0 Å². The maximum atomic E-state index is 12.2. The largest absolute Gasteiger partial charge is 0.423 e. The molecule has 0 heterocycles. The molecule has 0 aromatic heterocycles. The zero-order chi connectivity index (χ0) is 16.1. The Morgan fingerprint density at radius 3 is 2.13 bits per heavy atom. The number of para-hydroxylation sites is 1. The van der Waals surface area contributed by atoms with Gasteiger partial charge in [-0.1, -0.05) is 59.8 Å². The molecular formula is C19H13ClO2S. The van der Waals surface area contributed by atoms with Crippen LogP contribution in [0.1, 0.15) is 10.4 Å². The highest BCUT2D eigenvalue weighted by Gasteiger charge is 2.13. The lowest BCUT2D eigenvalue weighted by Gasteiger charge is -2.07. The summed E-state index contributed by atoms with van der Waals surface area (Å²) in [5.41, 5.74) is 0.355. The van der Waals surface area contributed by atoms with Crippen LogP contribution in [0.2, 0.25) is 5.02 Å². The summed E-state index contributed by atoms with van der Waals surface area (Å²) in [7, 11) is 0. The molecule has 0 aliphatic rings. The molecule has 3 rings (SSSR count). The third kappa shape index (κ3) is 4.15. The standard InChI is InChI=1S/C19H13ClO2S/c20-18-13-16(23-15-9-5-2-6-10-15)11-12-17(18)19(21)22-14-7-3-1-4-8-14/h1-13H. The molecule has 0 N–H and O–H groups in total. The average molecular weight is 341 g/mol. The van der Waals surface area contributed by atoms with Crippen molar-refractivity contribution in [3.63, 3.8) is 0 Å². The molecule has 23 heavy (non-hydrogen) atoms. The van der Waals surface area contributed by atoms with E-state index in [9.17, 15) is 4.79 Å². The Hall–Kier alpha value is -2.23. The average Bonchev–Trinajstić information content (AvgIpc) is 2.57. The number of benzene rings is 3. The van der Waals surface area contributed by atoms with Crippen molar-refractivity contribution < 1.29 is 9.53 Å². The maximum Gasteiger partial charge on any atom is 0.345 e. The monoisotopic (exact) mass is 340 g/mol. The Bertz CT molecular complexity index is 804. The van der Waals surface area contributed by atoms with Crippen LogP contribution in [0.25, 0.3) is 0 Å². The van der Waals surface area contributed by atoms with Gasteiger partial charge >= 0.3 is 5.97 Å². The minimum atomic E-state index is -0.461. The van der Waals surface area contributed by atoms with E-state index in [2.05, 4.69) is 0 Å². The van der Waals surface area contributed by atoms with Gasteiger partial charge < -0.3 is 4.74 Å². The van der Waals surface area contributed by atoms with Crippen molar-refractivity contribution in [3.05, 3.63) is 89.4 Å². The summed E-state index contributed by atoms with van der Waals surface area (Å²) in [6.07, 6.45) is 0. The quantitative estimate of drug-likeness (QED) is 0.449. The van der Waals surface area contributed by atoms with E-state index < -0.39 is 5.97 Å². The third-order valence-corrected chi connectivity index (χ3v) is 4.40. The van der Waals surface area contributed by atoms with E-state index in [1.165, 1.54) is 0 Å². The minimum Gasteiger partial charge on any atom is -0.423 e. The number of carbonyl (C=O) groups is 1. The molecule has 3 aromatic carbocycles. The zero-order valence-corrected chi connectivity index (χ0v) is 13.7. The molecule has 3 aromatic rings. The van der Waals surface area contributed by atoms with Crippen LogP contribution in [0, 0.1) is 0 Å². The summed E-state index contributed by atoms with van der Waals surface area (Å²) >= 11 is 7.83. The fourth-order valence-corrected chi connectivity index (χ4v) is 3.20. The second-order valence-corrected chi connectivity index (χ2v) is 6.31. The highest BCUT2D eigenvalue weighted by molar-refractivity contribution is 7.99. The van der Waals surface area contributed by atoms with E-state index in [-0.39, 0.29) is 0 Å². The number of hydrogen-bond acceptors (Lipinski definition) is 3. The van der Waals surface area contributed by atoms with Gasteiger partial charge in [0.1, 0.15) is 5.75 Å². The highest BCUT2D eigenvalue weighted by Crippen LogP contribution is 2.31. The number of halogens is 1. The molecule has 0 saturated carbocycles. The lowest BCUT2D eigenvalue weighted by atomic mass is 10.2. The molecule has 0 aliphatic heterocycles. The van der Waals surface area contributed by atoms with Gasteiger partial charge in [-0.25, -0.2) is 4.79 Å². The molecule has 0 spiro atoms. The molecule has 0 saturated heterocycles. The summed E-state index contributed by atoms with van der Waals surface area (Å²) in [6, 6.07) is 24.3. The van der Waals surface area contributed by atoms with Gasteiger partial charge in [-0.05, 0) is 42.5 Å². The van der Waals surface area contributed by atoms with E-state index in [0.29, 0.717) is 16.3 Å². The van der Waals surface area contributed by atoms with Crippen LogP contribution in [0.5, 0.6) is 5.75 Å². The van der Waals surface area contributed by atoms with Gasteiger partial charge in [-0.15, -0.1) is 0 Å². The predicted octanol–water partition coefficient (Wildman–Crippen LogP) is 5.71. The molecule has 0 atom stereocenters. The number of ether oxygens (including phenoxy) is 1. The number of hydrogen-bond donors (Lipinski definition) is 0. The lowest BCUT2D eigenvalue weighted by molar-refractivity contribution is 0.0735. The van der Waals surface area contributed by atoms with Crippen molar-refractivity contribution >= 4 is 29.3 Å². The second-order valence-electron chi connectivity index (χ2n) is 4.76.